The Morgan fingerprint density at radius 2 is 1.89 bits per heavy atom. The van der Waals surface area contributed by atoms with Crippen molar-refractivity contribution in [2.75, 3.05) is 19.8 Å². The van der Waals surface area contributed by atoms with Gasteiger partial charge in [0.15, 0.2) is 5.79 Å². The molecule has 0 aromatic rings. The molecular formula is C14H28O3S. The molecule has 0 N–H and O–H groups in total. The Morgan fingerprint density at radius 1 is 1.22 bits per heavy atom. The minimum atomic E-state index is -0.503. The molecule has 0 aromatic heterocycles. The predicted molar refractivity (Wildman–Crippen MR) is 77.3 cm³/mol. The summed E-state index contributed by atoms with van der Waals surface area (Å²) in [6.07, 6.45) is 4.29. The number of rotatable bonds is 7. The average Bonchev–Trinajstić information content (AvgIpc) is 2.28. The molecule has 1 aliphatic heterocycles. The first-order valence-electron chi connectivity index (χ1n) is 6.99. The first-order valence-corrected chi connectivity index (χ1v) is 7.51. The van der Waals surface area contributed by atoms with Gasteiger partial charge in [-0.25, -0.2) is 0 Å². The van der Waals surface area contributed by atoms with Crippen LogP contribution in [-0.2, 0) is 14.2 Å². The number of thiol groups is 1. The van der Waals surface area contributed by atoms with Gasteiger partial charge < -0.3 is 14.2 Å². The van der Waals surface area contributed by atoms with Crippen LogP contribution in [0.5, 0.6) is 0 Å². The van der Waals surface area contributed by atoms with E-state index in [4.69, 9.17) is 14.2 Å². The van der Waals surface area contributed by atoms with Gasteiger partial charge in [0.2, 0.25) is 0 Å². The molecule has 4 heteroatoms. The van der Waals surface area contributed by atoms with Crippen LogP contribution in [0.2, 0.25) is 0 Å². The van der Waals surface area contributed by atoms with E-state index in [1.165, 1.54) is 6.42 Å². The maximum absolute atomic E-state index is 6.05. The molecule has 0 aromatic carbocycles. The maximum Gasteiger partial charge on any atom is 0.163 e. The van der Waals surface area contributed by atoms with Crippen molar-refractivity contribution in [1.29, 1.82) is 0 Å². The largest absolute Gasteiger partial charge is 0.381 e. The lowest BCUT2D eigenvalue weighted by Gasteiger charge is -2.46. The van der Waals surface area contributed by atoms with Gasteiger partial charge in [0.05, 0.1) is 17.5 Å². The second kappa shape index (κ2) is 7.13. The van der Waals surface area contributed by atoms with Crippen molar-refractivity contribution in [3.05, 3.63) is 0 Å². The van der Waals surface area contributed by atoms with E-state index in [1.54, 1.807) is 0 Å². The van der Waals surface area contributed by atoms with Gasteiger partial charge in [-0.15, -0.1) is 0 Å². The highest BCUT2D eigenvalue weighted by molar-refractivity contribution is 7.81. The van der Waals surface area contributed by atoms with Crippen LogP contribution in [0.15, 0.2) is 0 Å². The quantitative estimate of drug-likeness (QED) is 0.570. The second-order valence-electron chi connectivity index (χ2n) is 5.71. The highest BCUT2D eigenvalue weighted by Gasteiger charge is 2.43. The van der Waals surface area contributed by atoms with Crippen molar-refractivity contribution in [3.8, 4) is 0 Å². The first-order chi connectivity index (χ1) is 8.40. The summed E-state index contributed by atoms with van der Waals surface area (Å²) in [4.78, 5) is 0. The van der Waals surface area contributed by atoms with Crippen molar-refractivity contribution in [2.24, 2.45) is 0 Å². The van der Waals surface area contributed by atoms with Crippen LogP contribution in [0.3, 0.4) is 0 Å². The van der Waals surface area contributed by atoms with Crippen molar-refractivity contribution in [1.82, 2.24) is 0 Å². The molecule has 0 spiro atoms. The normalized spacial score (nSPS) is 31.5. The van der Waals surface area contributed by atoms with Gasteiger partial charge in [-0.05, 0) is 40.0 Å². The van der Waals surface area contributed by atoms with Crippen LogP contribution in [0.4, 0.5) is 0 Å². The topological polar surface area (TPSA) is 27.7 Å². The summed E-state index contributed by atoms with van der Waals surface area (Å²) in [5.41, 5.74) is -0.223. The van der Waals surface area contributed by atoms with E-state index in [9.17, 15) is 0 Å². The van der Waals surface area contributed by atoms with E-state index in [0.29, 0.717) is 6.61 Å². The van der Waals surface area contributed by atoms with Gasteiger partial charge in [0.25, 0.3) is 0 Å². The van der Waals surface area contributed by atoms with Crippen molar-refractivity contribution in [3.63, 3.8) is 0 Å². The number of hydrogen-bond acceptors (Lipinski definition) is 4. The Bertz CT molecular complexity index is 245. The predicted octanol–water partition coefficient (Wildman–Crippen LogP) is 3.42. The fraction of sp³-hybridized carbons (Fsp3) is 1.00. The van der Waals surface area contributed by atoms with E-state index >= 15 is 0 Å². The van der Waals surface area contributed by atoms with Crippen LogP contribution in [0, 0.1) is 0 Å². The fourth-order valence-electron chi connectivity index (χ4n) is 2.21. The molecule has 1 aliphatic rings. The third-order valence-electron chi connectivity index (χ3n) is 3.38. The molecule has 0 radical (unpaired) electrons. The highest BCUT2D eigenvalue weighted by atomic mass is 32.1. The SMILES string of the molecule is CCCCOCCC[C@@]1(C)OC(C)(C)OCC1S. The standard InChI is InChI=1S/C14H28O3S/c1-5-6-9-15-10-7-8-14(4)12(18)11-16-13(2,3)17-14/h12,18H,5-11H2,1-4H3/t12?,14-/m1/s1. The van der Waals surface area contributed by atoms with Crippen molar-refractivity contribution in [2.45, 2.75) is 70.0 Å². The number of unbranched alkanes of at least 4 members (excludes halogenated alkanes) is 1. The minimum absolute atomic E-state index is 0.126. The molecule has 3 nitrogen and oxygen atoms in total. The lowest BCUT2D eigenvalue weighted by Crippen LogP contribution is -2.54. The Morgan fingerprint density at radius 3 is 2.56 bits per heavy atom. The zero-order chi connectivity index (χ0) is 13.6. The molecule has 108 valence electrons. The van der Waals surface area contributed by atoms with Gasteiger partial charge >= 0.3 is 0 Å². The summed E-state index contributed by atoms with van der Waals surface area (Å²) in [6, 6.07) is 0. The van der Waals surface area contributed by atoms with Crippen LogP contribution < -0.4 is 0 Å². The molecule has 0 amide bonds. The summed E-state index contributed by atoms with van der Waals surface area (Å²) >= 11 is 4.59. The molecule has 2 atom stereocenters. The summed E-state index contributed by atoms with van der Waals surface area (Å²) < 4.78 is 17.2. The molecule has 1 unspecified atom stereocenters. The van der Waals surface area contributed by atoms with Gasteiger partial charge in [-0.2, -0.15) is 12.6 Å². The molecule has 18 heavy (non-hydrogen) atoms. The Kier molecular flexibility index (Phi) is 6.45. The summed E-state index contributed by atoms with van der Waals surface area (Å²) in [5, 5.41) is 0.126. The van der Waals surface area contributed by atoms with Gasteiger partial charge in [0.1, 0.15) is 0 Å². The van der Waals surface area contributed by atoms with Crippen LogP contribution >= 0.6 is 12.6 Å². The van der Waals surface area contributed by atoms with E-state index in [-0.39, 0.29) is 10.9 Å². The third kappa shape index (κ3) is 5.08. The molecule has 1 rings (SSSR count). The summed E-state index contributed by atoms with van der Waals surface area (Å²) in [5.74, 6) is -0.503. The zero-order valence-electron chi connectivity index (χ0n) is 12.2. The van der Waals surface area contributed by atoms with Crippen LogP contribution in [0.25, 0.3) is 0 Å². The molecular weight excluding hydrogens is 248 g/mol. The molecule has 1 saturated heterocycles. The first kappa shape index (κ1) is 16.3. The molecule has 0 saturated carbocycles. The number of ether oxygens (including phenoxy) is 3. The minimum Gasteiger partial charge on any atom is -0.381 e. The van der Waals surface area contributed by atoms with E-state index in [2.05, 4.69) is 26.5 Å². The molecule has 1 fully saturated rings. The second-order valence-corrected chi connectivity index (χ2v) is 6.33. The highest BCUT2D eigenvalue weighted by Crippen LogP contribution is 2.36. The molecule has 0 aliphatic carbocycles. The maximum atomic E-state index is 6.05. The molecule has 0 bridgehead atoms. The Labute approximate surface area is 117 Å². The zero-order valence-corrected chi connectivity index (χ0v) is 13.1. The third-order valence-corrected chi connectivity index (χ3v) is 4.07. The number of hydrogen-bond donors (Lipinski definition) is 1. The lowest BCUT2D eigenvalue weighted by molar-refractivity contribution is -0.303. The van der Waals surface area contributed by atoms with E-state index in [1.807, 2.05) is 13.8 Å². The summed E-state index contributed by atoms with van der Waals surface area (Å²) in [6.45, 7) is 10.5. The Hall–Kier alpha value is 0.230. The summed E-state index contributed by atoms with van der Waals surface area (Å²) in [7, 11) is 0. The van der Waals surface area contributed by atoms with Crippen LogP contribution in [-0.4, -0.2) is 36.5 Å². The van der Waals surface area contributed by atoms with Gasteiger partial charge in [0, 0.05) is 13.2 Å². The fourth-order valence-corrected chi connectivity index (χ4v) is 2.46. The average molecular weight is 276 g/mol. The monoisotopic (exact) mass is 276 g/mol. The van der Waals surface area contributed by atoms with E-state index in [0.717, 1.165) is 32.5 Å². The lowest BCUT2D eigenvalue weighted by atomic mass is 9.94. The van der Waals surface area contributed by atoms with Crippen molar-refractivity contribution < 1.29 is 14.2 Å². The Balaban J connectivity index is 2.29. The van der Waals surface area contributed by atoms with Gasteiger partial charge in [-0.1, -0.05) is 13.3 Å². The van der Waals surface area contributed by atoms with Crippen LogP contribution in [0.1, 0.15) is 53.4 Å². The molecule has 1 heterocycles. The van der Waals surface area contributed by atoms with Gasteiger partial charge in [-0.3, -0.25) is 0 Å². The van der Waals surface area contributed by atoms with E-state index < -0.39 is 5.79 Å². The van der Waals surface area contributed by atoms with Crippen molar-refractivity contribution >= 4 is 12.6 Å². The smallest absolute Gasteiger partial charge is 0.163 e.